The molecule has 0 saturated carbocycles. The van der Waals surface area contributed by atoms with Crippen molar-refractivity contribution in [3.05, 3.63) is 36.7 Å². The van der Waals surface area contributed by atoms with Crippen LogP contribution in [0.2, 0.25) is 0 Å². The number of aromatic nitrogens is 2. The van der Waals surface area contributed by atoms with Crippen molar-refractivity contribution >= 4 is 23.4 Å². The maximum absolute atomic E-state index is 12.4. The van der Waals surface area contributed by atoms with E-state index in [1.807, 2.05) is 42.1 Å². The number of benzene rings is 1. The van der Waals surface area contributed by atoms with Gasteiger partial charge in [-0.05, 0) is 36.7 Å². The standard InChI is InChI=1S/C16H20N4O2S/c1-20-9-8-18-16(20)23-14-5-3-2-4-12(14)19-15(21)13-7-6-11(10-17)22-13/h2-5,8-9,11,13H,6-7,10,17H2,1H3,(H,19,21)/t11-,13+/m1/s1. The molecule has 1 aliphatic heterocycles. The number of carbonyl (C=O) groups excluding carboxylic acids is 1. The van der Waals surface area contributed by atoms with E-state index in [9.17, 15) is 4.79 Å². The zero-order valence-corrected chi connectivity index (χ0v) is 13.8. The molecule has 0 bridgehead atoms. The van der Waals surface area contributed by atoms with E-state index in [0.29, 0.717) is 13.0 Å². The summed E-state index contributed by atoms with van der Waals surface area (Å²) in [4.78, 5) is 17.6. The van der Waals surface area contributed by atoms with Crippen LogP contribution in [0.1, 0.15) is 12.8 Å². The molecular formula is C16H20N4O2S. The van der Waals surface area contributed by atoms with Crippen LogP contribution in [0, 0.1) is 0 Å². The van der Waals surface area contributed by atoms with Gasteiger partial charge in [-0.2, -0.15) is 0 Å². The first-order valence-corrected chi connectivity index (χ1v) is 8.39. The molecular weight excluding hydrogens is 312 g/mol. The smallest absolute Gasteiger partial charge is 0.253 e. The van der Waals surface area contributed by atoms with Crippen molar-refractivity contribution in [1.29, 1.82) is 0 Å². The van der Waals surface area contributed by atoms with Gasteiger partial charge in [0.05, 0.1) is 11.8 Å². The molecule has 1 aliphatic rings. The Bertz CT molecular complexity index is 688. The van der Waals surface area contributed by atoms with Gasteiger partial charge in [0.1, 0.15) is 6.10 Å². The molecule has 3 N–H and O–H groups in total. The second-order valence-corrected chi connectivity index (χ2v) is 6.48. The first-order chi connectivity index (χ1) is 11.2. The average molecular weight is 332 g/mol. The molecule has 0 radical (unpaired) electrons. The van der Waals surface area contributed by atoms with Gasteiger partial charge in [-0.1, -0.05) is 12.1 Å². The second kappa shape index (κ2) is 7.16. The van der Waals surface area contributed by atoms with Crippen molar-refractivity contribution < 1.29 is 9.53 Å². The van der Waals surface area contributed by atoms with Crippen molar-refractivity contribution in [3.8, 4) is 0 Å². The minimum absolute atomic E-state index is 0.0112. The van der Waals surface area contributed by atoms with E-state index in [1.54, 1.807) is 6.20 Å². The van der Waals surface area contributed by atoms with Gasteiger partial charge in [-0.15, -0.1) is 0 Å². The summed E-state index contributed by atoms with van der Waals surface area (Å²) in [7, 11) is 1.94. The Morgan fingerprint density at radius 3 is 3.00 bits per heavy atom. The zero-order chi connectivity index (χ0) is 16.2. The number of anilines is 1. The third-order valence-electron chi connectivity index (χ3n) is 3.79. The van der Waals surface area contributed by atoms with Gasteiger partial charge in [0.15, 0.2) is 5.16 Å². The Morgan fingerprint density at radius 1 is 1.48 bits per heavy atom. The summed E-state index contributed by atoms with van der Waals surface area (Å²) in [6.07, 6.45) is 4.75. The number of imidazole rings is 1. The van der Waals surface area contributed by atoms with Gasteiger partial charge in [0.2, 0.25) is 0 Å². The molecule has 2 atom stereocenters. The van der Waals surface area contributed by atoms with Gasteiger partial charge < -0.3 is 20.4 Å². The number of hydrogen-bond acceptors (Lipinski definition) is 5. The number of para-hydroxylation sites is 1. The Hall–Kier alpha value is -1.83. The van der Waals surface area contributed by atoms with Crippen LogP contribution in [0.5, 0.6) is 0 Å². The number of nitrogens with one attached hydrogen (secondary N) is 1. The van der Waals surface area contributed by atoms with Crippen molar-refractivity contribution in [2.75, 3.05) is 11.9 Å². The van der Waals surface area contributed by atoms with E-state index < -0.39 is 6.10 Å². The van der Waals surface area contributed by atoms with Crippen molar-refractivity contribution in [2.45, 2.75) is 35.1 Å². The highest BCUT2D eigenvalue weighted by Gasteiger charge is 2.30. The maximum atomic E-state index is 12.4. The van der Waals surface area contributed by atoms with Crippen LogP contribution in [-0.4, -0.2) is 34.2 Å². The monoisotopic (exact) mass is 332 g/mol. The third-order valence-corrected chi connectivity index (χ3v) is 4.94. The van der Waals surface area contributed by atoms with Crippen molar-refractivity contribution in [1.82, 2.24) is 9.55 Å². The summed E-state index contributed by atoms with van der Waals surface area (Å²) in [5, 5.41) is 3.83. The molecule has 2 heterocycles. The molecule has 6 nitrogen and oxygen atoms in total. The quantitative estimate of drug-likeness (QED) is 0.875. The Balaban J connectivity index is 1.71. The summed E-state index contributed by atoms with van der Waals surface area (Å²) in [6.45, 7) is 0.454. The van der Waals surface area contributed by atoms with Crippen LogP contribution in [-0.2, 0) is 16.6 Å². The lowest BCUT2D eigenvalue weighted by molar-refractivity contribution is -0.126. The lowest BCUT2D eigenvalue weighted by Gasteiger charge is -2.14. The maximum Gasteiger partial charge on any atom is 0.253 e. The topological polar surface area (TPSA) is 82.2 Å². The van der Waals surface area contributed by atoms with E-state index in [1.165, 1.54) is 11.8 Å². The minimum Gasteiger partial charge on any atom is -0.364 e. The molecule has 0 spiro atoms. The third kappa shape index (κ3) is 3.74. The summed E-state index contributed by atoms with van der Waals surface area (Å²) >= 11 is 1.51. The van der Waals surface area contributed by atoms with Crippen LogP contribution >= 0.6 is 11.8 Å². The van der Waals surface area contributed by atoms with Crippen LogP contribution in [0.25, 0.3) is 0 Å². The zero-order valence-electron chi connectivity index (χ0n) is 12.9. The summed E-state index contributed by atoms with van der Waals surface area (Å²) < 4.78 is 7.59. The van der Waals surface area contributed by atoms with Gasteiger partial charge in [-0.3, -0.25) is 4.79 Å². The fraction of sp³-hybridized carbons (Fsp3) is 0.375. The number of aryl methyl sites for hydroxylation is 1. The molecule has 1 saturated heterocycles. The highest BCUT2D eigenvalue weighted by Crippen LogP contribution is 2.32. The summed E-state index contributed by atoms with van der Waals surface area (Å²) in [5.74, 6) is -0.117. The molecule has 1 amide bonds. The lowest BCUT2D eigenvalue weighted by atomic mass is 10.2. The molecule has 7 heteroatoms. The molecule has 0 unspecified atom stereocenters. The van der Waals surface area contributed by atoms with E-state index in [0.717, 1.165) is 22.2 Å². The fourth-order valence-electron chi connectivity index (χ4n) is 2.49. The van der Waals surface area contributed by atoms with Gasteiger partial charge in [-0.25, -0.2) is 4.98 Å². The molecule has 122 valence electrons. The molecule has 2 aromatic rings. The first kappa shape index (κ1) is 16.0. The fourth-order valence-corrected chi connectivity index (χ4v) is 3.38. The van der Waals surface area contributed by atoms with Crippen LogP contribution in [0.15, 0.2) is 46.7 Å². The molecule has 0 aliphatic carbocycles. The number of nitrogens with zero attached hydrogens (tertiary/aromatic N) is 2. The van der Waals surface area contributed by atoms with Crippen LogP contribution < -0.4 is 11.1 Å². The van der Waals surface area contributed by atoms with Crippen LogP contribution in [0.3, 0.4) is 0 Å². The van der Waals surface area contributed by atoms with E-state index in [2.05, 4.69) is 10.3 Å². The number of hydrogen-bond donors (Lipinski definition) is 2. The van der Waals surface area contributed by atoms with Gasteiger partial charge in [0.25, 0.3) is 5.91 Å². The number of nitrogens with two attached hydrogens (primary N) is 1. The number of amides is 1. The van der Waals surface area contributed by atoms with Gasteiger partial charge in [0, 0.05) is 30.9 Å². The van der Waals surface area contributed by atoms with E-state index in [4.69, 9.17) is 10.5 Å². The minimum atomic E-state index is -0.422. The summed E-state index contributed by atoms with van der Waals surface area (Å²) in [6, 6.07) is 7.69. The number of rotatable bonds is 5. The Kier molecular flexibility index (Phi) is 5.00. The highest BCUT2D eigenvalue weighted by atomic mass is 32.2. The average Bonchev–Trinajstić information content (AvgIpc) is 3.19. The van der Waals surface area contributed by atoms with Crippen LogP contribution in [0.4, 0.5) is 5.69 Å². The number of carbonyl (C=O) groups is 1. The largest absolute Gasteiger partial charge is 0.364 e. The predicted octanol–water partition coefficient (Wildman–Crippen LogP) is 2.02. The first-order valence-electron chi connectivity index (χ1n) is 7.58. The van der Waals surface area contributed by atoms with E-state index >= 15 is 0 Å². The molecule has 3 rings (SSSR count). The summed E-state index contributed by atoms with van der Waals surface area (Å²) in [5.41, 5.74) is 6.36. The Morgan fingerprint density at radius 2 is 2.30 bits per heavy atom. The van der Waals surface area contributed by atoms with E-state index in [-0.39, 0.29) is 12.0 Å². The molecule has 1 aromatic carbocycles. The second-order valence-electron chi connectivity index (χ2n) is 5.47. The lowest BCUT2D eigenvalue weighted by Crippen LogP contribution is -2.29. The van der Waals surface area contributed by atoms with Crippen molar-refractivity contribution in [3.63, 3.8) is 0 Å². The SMILES string of the molecule is Cn1ccnc1Sc1ccccc1NC(=O)[C@@H]1CC[C@H](CN)O1. The molecule has 1 fully saturated rings. The highest BCUT2D eigenvalue weighted by molar-refractivity contribution is 7.99. The normalized spacial score (nSPS) is 20.6. The van der Waals surface area contributed by atoms with Crippen molar-refractivity contribution in [2.24, 2.45) is 12.8 Å². The number of ether oxygens (including phenoxy) is 1. The Labute approximate surface area is 139 Å². The van der Waals surface area contributed by atoms with Gasteiger partial charge >= 0.3 is 0 Å². The molecule has 1 aromatic heterocycles. The predicted molar refractivity (Wildman–Crippen MR) is 89.4 cm³/mol. The molecule has 23 heavy (non-hydrogen) atoms.